The van der Waals surface area contributed by atoms with Crippen LogP contribution in [0.25, 0.3) is 11.5 Å². The van der Waals surface area contributed by atoms with Crippen molar-refractivity contribution in [1.82, 2.24) is 25.4 Å². The van der Waals surface area contributed by atoms with Gasteiger partial charge in [0.1, 0.15) is 18.2 Å². The second-order valence-electron chi connectivity index (χ2n) is 8.29. The molecule has 0 radical (unpaired) electrons. The van der Waals surface area contributed by atoms with E-state index in [4.69, 9.17) is 15.0 Å². The Bertz CT molecular complexity index is 1570. The van der Waals surface area contributed by atoms with Crippen molar-refractivity contribution in [3.63, 3.8) is 0 Å². The number of oxime groups is 1. The van der Waals surface area contributed by atoms with E-state index in [1.165, 1.54) is 59.1 Å². The van der Waals surface area contributed by atoms with Crippen molar-refractivity contribution in [3.8, 4) is 23.0 Å². The van der Waals surface area contributed by atoms with Crippen LogP contribution in [-0.4, -0.2) is 88.4 Å². The quantitative estimate of drug-likeness (QED) is 0.0574. The molecule has 0 spiro atoms. The van der Waals surface area contributed by atoms with Crippen molar-refractivity contribution in [1.29, 1.82) is 0 Å². The number of benzene rings is 1. The van der Waals surface area contributed by atoms with Crippen molar-refractivity contribution in [2.45, 2.75) is 16.1 Å². The summed E-state index contributed by atoms with van der Waals surface area (Å²) in [6, 6.07) is 4.10. The zero-order valence-electron chi connectivity index (χ0n) is 20.3. The number of nitrogen functional groups attached to an aromatic ring is 1. The highest BCUT2D eigenvalue weighted by atomic mass is 32.2. The topological polar surface area (TPSA) is 227 Å². The van der Waals surface area contributed by atoms with Crippen LogP contribution < -0.4 is 11.1 Å². The molecular formula is C22H19N7O8S3. The molecule has 1 aromatic carbocycles. The first-order chi connectivity index (χ1) is 19.1. The summed E-state index contributed by atoms with van der Waals surface area (Å²) < 4.78 is 5.60. The van der Waals surface area contributed by atoms with Crippen LogP contribution in [0.1, 0.15) is 5.69 Å². The number of rotatable bonds is 9. The Hall–Kier alpha value is -4.29. The maximum atomic E-state index is 13.1. The smallest absolute Gasteiger partial charge is 0.342 e. The summed E-state index contributed by atoms with van der Waals surface area (Å²) in [5, 5.41) is 44.0. The molecule has 208 valence electrons. The lowest BCUT2D eigenvalue weighted by atomic mass is 9.87. The van der Waals surface area contributed by atoms with Gasteiger partial charge in [0.15, 0.2) is 22.3 Å². The Balaban J connectivity index is 1.27. The number of phenols is 2. The second-order valence-corrected chi connectivity index (χ2v) is 11.2. The number of aliphatic carboxylic acids is 1. The Morgan fingerprint density at radius 1 is 1.35 bits per heavy atom. The minimum atomic E-state index is -2.22. The van der Waals surface area contributed by atoms with Crippen molar-refractivity contribution in [3.05, 3.63) is 41.0 Å². The van der Waals surface area contributed by atoms with Crippen molar-refractivity contribution < 1.29 is 39.0 Å². The molecular weight excluding hydrogens is 586 g/mol. The fourth-order valence-corrected chi connectivity index (χ4v) is 6.66. The van der Waals surface area contributed by atoms with Gasteiger partial charge in [0.2, 0.25) is 11.4 Å². The molecule has 0 unspecified atom stereocenters. The molecule has 0 bridgehead atoms. The number of carboxylic acid groups (broad SMARTS) is 1. The zero-order chi connectivity index (χ0) is 28.6. The van der Waals surface area contributed by atoms with Crippen LogP contribution >= 0.6 is 34.9 Å². The lowest BCUT2D eigenvalue weighted by Crippen LogP contribution is -2.82. The monoisotopic (exact) mass is 605 g/mol. The van der Waals surface area contributed by atoms with Crippen LogP contribution in [0.2, 0.25) is 0 Å². The number of hydrogen-bond acceptors (Lipinski definition) is 15. The SMILES string of the molecule is CON=C(C(=O)N[C@]1(C(=O)O)C(=O)N2C=C(CSc3nnc(-c4ccc(O)c(O)c4)o3)CS[C@H]21)c1csc(N)n1. The number of fused-ring (bicyclic) bond motifs is 1. The molecule has 2 atom stereocenters. The van der Waals surface area contributed by atoms with Gasteiger partial charge in [0, 0.05) is 28.6 Å². The number of nitrogens with one attached hydrogen (secondary N) is 1. The van der Waals surface area contributed by atoms with E-state index in [2.05, 4.69) is 25.7 Å². The maximum absolute atomic E-state index is 13.1. The number of aromatic nitrogens is 3. The number of hydrogen-bond donors (Lipinski definition) is 5. The Kier molecular flexibility index (Phi) is 7.30. The van der Waals surface area contributed by atoms with Crippen molar-refractivity contribution in [2.24, 2.45) is 5.16 Å². The first-order valence-electron chi connectivity index (χ1n) is 11.1. The summed E-state index contributed by atoms with van der Waals surface area (Å²) in [5.41, 5.74) is 4.37. The molecule has 6 N–H and O–H groups in total. The Morgan fingerprint density at radius 2 is 2.15 bits per heavy atom. The van der Waals surface area contributed by atoms with Gasteiger partial charge < -0.3 is 40.5 Å². The fourth-order valence-electron chi connectivity index (χ4n) is 3.88. The number of carbonyl (C=O) groups is 3. The number of β-lactam (4-membered cyclic amide) rings is 1. The van der Waals surface area contributed by atoms with Crippen molar-refractivity contribution >= 4 is 63.5 Å². The van der Waals surface area contributed by atoms with Crippen LogP contribution in [-0.2, 0) is 19.2 Å². The van der Waals surface area contributed by atoms with Gasteiger partial charge in [-0.2, -0.15) is 0 Å². The van der Waals surface area contributed by atoms with Gasteiger partial charge in [-0.3, -0.25) is 9.59 Å². The van der Waals surface area contributed by atoms with Gasteiger partial charge in [-0.1, -0.05) is 16.9 Å². The highest BCUT2D eigenvalue weighted by Crippen LogP contribution is 2.44. The first-order valence-corrected chi connectivity index (χ1v) is 14.1. The molecule has 3 aromatic rings. The number of nitrogens with two attached hydrogens (primary N) is 1. The third-order valence-electron chi connectivity index (χ3n) is 5.76. The van der Waals surface area contributed by atoms with Crippen LogP contribution in [0.3, 0.4) is 0 Å². The number of thiazole rings is 1. The molecule has 1 fully saturated rings. The summed E-state index contributed by atoms with van der Waals surface area (Å²) in [5.74, 6) is -3.04. The number of amides is 2. The number of anilines is 1. The summed E-state index contributed by atoms with van der Waals surface area (Å²) in [6.45, 7) is 0. The van der Waals surface area contributed by atoms with Gasteiger partial charge in [0.25, 0.3) is 17.0 Å². The molecule has 2 aliphatic heterocycles. The van der Waals surface area contributed by atoms with Gasteiger partial charge in [0.05, 0.1) is 0 Å². The second kappa shape index (κ2) is 10.7. The van der Waals surface area contributed by atoms with Gasteiger partial charge in [-0.05, 0) is 23.8 Å². The predicted octanol–water partition coefficient (Wildman–Crippen LogP) is 1.07. The third-order valence-corrected chi connectivity index (χ3v) is 8.80. The summed E-state index contributed by atoms with van der Waals surface area (Å²) in [6.07, 6.45) is 1.55. The van der Waals surface area contributed by atoms with Crippen LogP contribution in [0, 0.1) is 0 Å². The first kappa shape index (κ1) is 27.3. The average Bonchev–Trinajstić information content (AvgIpc) is 3.59. The number of nitrogens with zero attached hydrogens (tertiary/aromatic N) is 5. The molecule has 0 aliphatic carbocycles. The largest absolute Gasteiger partial charge is 0.504 e. The number of carboxylic acids is 1. The van der Waals surface area contributed by atoms with Crippen LogP contribution in [0.5, 0.6) is 11.5 Å². The Morgan fingerprint density at radius 3 is 2.83 bits per heavy atom. The molecule has 4 heterocycles. The predicted molar refractivity (Wildman–Crippen MR) is 144 cm³/mol. The highest BCUT2D eigenvalue weighted by Gasteiger charge is 2.68. The van der Waals surface area contributed by atoms with E-state index in [-0.39, 0.29) is 39.1 Å². The number of thioether (sulfide) groups is 2. The Labute approximate surface area is 237 Å². The normalized spacial score (nSPS) is 20.4. The molecule has 1 saturated heterocycles. The van der Waals surface area contributed by atoms with Gasteiger partial charge >= 0.3 is 5.97 Å². The molecule has 5 rings (SSSR count). The van der Waals surface area contributed by atoms with E-state index in [1.54, 1.807) is 6.20 Å². The van der Waals surface area contributed by atoms with E-state index in [0.29, 0.717) is 17.1 Å². The maximum Gasteiger partial charge on any atom is 0.342 e. The van der Waals surface area contributed by atoms with E-state index < -0.39 is 28.7 Å². The summed E-state index contributed by atoms with van der Waals surface area (Å²) in [4.78, 5) is 48.4. The average molecular weight is 606 g/mol. The molecule has 2 aromatic heterocycles. The number of phenolic OH excluding ortho intramolecular Hbond substituents is 2. The zero-order valence-corrected chi connectivity index (χ0v) is 22.7. The lowest BCUT2D eigenvalue weighted by Gasteiger charge is -2.53. The van der Waals surface area contributed by atoms with Crippen LogP contribution in [0.15, 0.2) is 50.1 Å². The molecule has 2 amide bonds. The van der Waals surface area contributed by atoms with E-state index in [1.807, 2.05) is 0 Å². The van der Waals surface area contributed by atoms with E-state index in [0.717, 1.165) is 16.9 Å². The molecule has 15 nitrogen and oxygen atoms in total. The molecule has 18 heteroatoms. The summed E-state index contributed by atoms with van der Waals surface area (Å²) >= 11 is 3.43. The minimum absolute atomic E-state index is 0.0768. The third kappa shape index (κ3) is 4.80. The van der Waals surface area contributed by atoms with E-state index in [9.17, 15) is 29.7 Å². The fraction of sp³-hybridized carbons (Fsp3) is 0.227. The molecule has 2 aliphatic rings. The highest BCUT2D eigenvalue weighted by molar-refractivity contribution is 8.01. The standard InChI is InChI=1S/C22H19N7O8S3/c1-36-28-14(11-8-39-20(23)24-11)15(32)25-22(19(34)35)17(33)29-5-9(6-38-18(22)29)7-40-21-27-26-16(37-21)10-2-3-12(30)13(31)4-10/h2-5,8,18,30-31H,6-7H2,1H3,(H2,23,24)(H,25,32)(H,34,35)/t18-,22+/m0/s1. The van der Waals surface area contributed by atoms with Gasteiger partial charge in [-0.25, -0.2) is 9.78 Å². The van der Waals surface area contributed by atoms with Crippen molar-refractivity contribution in [2.75, 3.05) is 24.3 Å². The molecule has 0 saturated carbocycles. The lowest BCUT2D eigenvalue weighted by molar-refractivity contribution is -0.169. The van der Waals surface area contributed by atoms with E-state index >= 15 is 0 Å². The van der Waals surface area contributed by atoms with Gasteiger partial charge in [-0.15, -0.1) is 33.3 Å². The molecule has 40 heavy (non-hydrogen) atoms. The number of aromatic hydroxyl groups is 2. The summed E-state index contributed by atoms with van der Waals surface area (Å²) in [7, 11) is 1.21. The van der Waals surface area contributed by atoms with Crippen LogP contribution in [0.4, 0.5) is 5.13 Å². The number of carbonyl (C=O) groups excluding carboxylic acids is 2. The minimum Gasteiger partial charge on any atom is -0.504 e.